The number of carbonyl (C=O) groups is 1. The molecule has 3 heterocycles. The topological polar surface area (TPSA) is 66.9 Å². The Morgan fingerprint density at radius 3 is 2.39 bits per heavy atom. The van der Waals surface area contributed by atoms with Crippen molar-refractivity contribution in [1.82, 2.24) is 20.1 Å². The van der Waals surface area contributed by atoms with E-state index in [1.807, 2.05) is 5.38 Å². The molecule has 8 heteroatoms. The van der Waals surface area contributed by atoms with Gasteiger partial charge in [-0.25, -0.2) is 4.98 Å². The lowest BCUT2D eigenvalue weighted by atomic mass is 10.1. The van der Waals surface area contributed by atoms with Crippen LogP contribution in [-0.4, -0.2) is 86.4 Å². The second-order valence-corrected chi connectivity index (χ2v) is 8.92. The van der Waals surface area contributed by atoms with Gasteiger partial charge in [-0.3, -0.25) is 14.6 Å². The summed E-state index contributed by atoms with van der Waals surface area (Å²) in [5.74, 6) is 0.0414. The van der Waals surface area contributed by atoms with Gasteiger partial charge in [-0.15, -0.1) is 11.3 Å². The molecule has 2 fully saturated rings. The summed E-state index contributed by atoms with van der Waals surface area (Å²) in [5.41, 5.74) is 3.25. The zero-order valence-electron chi connectivity index (χ0n) is 18.1. The second-order valence-electron chi connectivity index (χ2n) is 8.06. The highest BCUT2D eigenvalue weighted by Crippen LogP contribution is 2.24. The molecule has 1 amide bonds. The lowest BCUT2D eigenvalue weighted by Crippen LogP contribution is -2.38. The van der Waals surface area contributed by atoms with Gasteiger partial charge in [-0.1, -0.05) is 24.3 Å². The van der Waals surface area contributed by atoms with Gasteiger partial charge in [0.05, 0.1) is 38.5 Å². The number of hydrogen-bond acceptors (Lipinski definition) is 7. The number of benzene rings is 1. The van der Waals surface area contributed by atoms with E-state index in [2.05, 4.69) is 44.4 Å². The molecule has 2 saturated heterocycles. The van der Waals surface area contributed by atoms with E-state index in [4.69, 9.17) is 9.47 Å². The molecule has 0 radical (unpaired) electrons. The number of ether oxygens (including phenoxy) is 2. The maximum atomic E-state index is 12.2. The van der Waals surface area contributed by atoms with Gasteiger partial charge in [-0.2, -0.15) is 0 Å². The molecule has 4 rings (SSSR count). The number of hydrogen-bond donors (Lipinski definition) is 1. The van der Waals surface area contributed by atoms with Crippen molar-refractivity contribution >= 4 is 17.2 Å². The maximum Gasteiger partial charge on any atom is 0.226 e. The molecule has 0 unspecified atom stereocenters. The van der Waals surface area contributed by atoms with Gasteiger partial charge in [0.2, 0.25) is 5.91 Å². The van der Waals surface area contributed by atoms with Crippen LogP contribution in [0.1, 0.15) is 17.7 Å². The first-order valence-corrected chi connectivity index (χ1v) is 12.0. The van der Waals surface area contributed by atoms with Crippen LogP contribution in [0.15, 0.2) is 29.6 Å². The van der Waals surface area contributed by atoms with Crippen LogP contribution in [0.5, 0.6) is 0 Å². The summed E-state index contributed by atoms with van der Waals surface area (Å²) in [6.07, 6.45) is 1.30. The summed E-state index contributed by atoms with van der Waals surface area (Å²) in [7, 11) is 0. The molecule has 1 N–H and O–H groups in total. The summed E-state index contributed by atoms with van der Waals surface area (Å²) in [6, 6.07) is 8.61. The minimum atomic E-state index is 0.0414. The predicted molar refractivity (Wildman–Crippen MR) is 122 cm³/mol. The number of amides is 1. The summed E-state index contributed by atoms with van der Waals surface area (Å²) in [5, 5.41) is 5.98. The quantitative estimate of drug-likeness (QED) is 0.597. The molecule has 168 valence electrons. The summed E-state index contributed by atoms with van der Waals surface area (Å²) in [6.45, 7) is 9.91. The van der Waals surface area contributed by atoms with E-state index in [0.717, 1.165) is 88.4 Å². The fourth-order valence-electron chi connectivity index (χ4n) is 3.87. The van der Waals surface area contributed by atoms with Gasteiger partial charge in [0.25, 0.3) is 0 Å². The van der Waals surface area contributed by atoms with Gasteiger partial charge in [0.15, 0.2) is 0 Å². The molecular formula is C23H32N4O3S. The fraction of sp³-hybridized carbons (Fsp3) is 0.565. The van der Waals surface area contributed by atoms with Crippen LogP contribution in [0.25, 0.3) is 10.6 Å². The van der Waals surface area contributed by atoms with Crippen molar-refractivity contribution in [2.75, 3.05) is 65.7 Å². The van der Waals surface area contributed by atoms with Gasteiger partial charge in [-0.05, 0) is 18.5 Å². The van der Waals surface area contributed by atoms with E-state index < -0.39 is 0 Å². The molecule has 2 aliphatic rings. The third-order valence-corrected chi connectivity index (χ3v) is 6.62. The lowest BCUT2D eigenvalue weighted by Gasteiger charge is -2.26. The first-order chi connectivity index (χ1) is 15.3. The van der Waals surface area contributed by atoms with Crippen LogP contribution < -0.4 is 5.32 Å². The molecule has 0 spiro atoms. The van der Waals surface area contributed by atoms with Gasteiger partial charge in [0.1, 0.15) is 5.01 Å². The van der Waals surface area contributed by atoms with Crippen molar-refractivity contribution in [3.05, 3.63) is 40.9 Å². The Kier molecular flexibility index (Phi) is 8.43. The van der Waals surface area contributed by atoms with Crippen molar-refractivity contribution in [2.24, 2.45) is 0 Å². The molecule has 1 aromatic heterocycles. The van der Waals surface area contributed by atoms with E-state index in [1.165, 1.54) is 5.56 Å². The van der Waals surface area contributed by atoms with Crippen LogP contribution in [-0.2, 0) is 27.2 Å². The highest BCUT2D eigenvalue weighted by Gasteiger charge is 2.13. The second kappa shape index (κ2) is 11.7. The minimum Gasteiger partial charge on any atom is -0.379 e. The van der Waals surface area contributed by atoms with E-state index in [9.17, 15) is 4.79 Å². The molecule has 2 aliphatic heterocycles. The van der Waals surface area contributed by atoms with Crippen molar-refractivity contribution < 1.29 is 14.3 Å². The van der Waals surface area contributed by atoms with E-state index >= 15 is 0 Å². The van der Waals surface area contributed by atoms with Gasteiger partial charge < -0.3 is 14.8 Å². The molecule has 7 nitrogen and oxygen atoms in total. The van der Waals surface area contributed by atoms with E-state index in [0.29, 0.717) is 13.0 Å². The zero-order valence-corrected chi connectivity index (χ0v) is 18.9. The van der Waals surface area contributed by atoms with Gasteiger partial charge >= 0.3 is 0 Å². The maximum absolute atomic E-state index is 12.2. The Morgan fingerprint density at radius 1 is 1.00 bits per heavy atom. The average molecular weight is 445 g/mol. The first-order valence-electron chi connectivity index (χ1n) is 11.2. The lowest BCUT2D eigenvalue weighted by molar-refractivity contribution is -0.120. The van der Waals surface area contributed by atoms with E-state index in [-0.39, 0.29) is 5.91 Å². The van der Waals surface area contributed by atoms with Crippen molar-refractivity contribution in [2.45, 2.75) is 19.4 Å². The third-order valence-electron chi connectivity index (χ3n) is 5.68. The smallest absolute Gasteiger partial charge is 0.226 e. The monoisotopic (exact) mass is 444 g/mol. The summed E-state index contributed by atoms with van der Waals surface area (Å²) < 4.78 is 10.8. The molecule has 0 bridgehead atoms. The number of nitrogens with one attached hydrogen (secondary N) is 1. The van der Waals surface area contributed by atoms with Gasteiger partial charge in [0, 0.05) is 50.2 Å². The number of carbonyl (C=O) groups excluding carboxylic acids is 1. The zero-order chi connectivity index (χ0) is 21.3. The van der Waals surface area contributed by atoms with Crippen LogP contribution in [0, 0.1) is 0 Å². The largest absolute Gasteiger partial charge is 0.379 e. The molecular weight excluding hydrogens is 412 g/mol. The Balaban J connectivity index is 1.19. The first kappa shape index (κ1) is 22.4. The Hall–Kier alpha value is -1.84. The molecule has 31 heavy (non-hydrogen) atoms. The minimum absolute atomic E-state index is 0.0414. The average Bonchev–Trinajstić information content (AvgIpc) is 3.27. The molecule has 0 saturated carbocycles. The van der Waals surface area contributed by atoms with Crippen molar-refractivity contribution in [3.8, 4) is 10.6 Å². The van der Waals surface area contributed by atoms with Crippen molar-refractivity contribution in [3.63, 3.8) is 0 Å². The summed E-state index contributed by atoms with van der Waals surface area (Å²) >= 11 is 1.60. The number of rotatable bonds is 9. The van der Waals surface area contributed by atoms with Crippen LogP contribution in [0.3, 0.4) is 0 Å². The summed E-state index contributed by atoms with van der Waals surface area (Å²) in [4.78, 5) is 21.7. The molecule has 2 aromatic rings. The third kappa shape index (κ3) is 7.08. The number of morpholine rings is 2. The van der Waals surface area contributed by atoms with Crippen LogP contribution >= 0.6 is 11.3 Å². The van der Waals surface area contributed by atoms with E-state index in [1.54, 1.807) is 11.3 Å². The molecule has 1 aromatic carbocycles. The Bertz CT molecular complexity index is 814. The highest BCUT2D eigenvalue weighted by atomic mass is 32.1. The fourth-order valence-corrected chi connectivity index (χ4v) is 4.70. The highest BCUT2D eigenvalue weighted by molar-refractivity contribution is 7.13. The number of nitrogens with zero attached hydrogens (tertiary/aromatic N) is 3. The Morgan fingerprint density at radius 2 is 1.68 bits per heavy atom. The molecule has 0 aliphatic carbocycles. The SMILES string of the molecule is O=C(Cc1csc(-c2ccc(CN3CCOCC3)cc2)n1)NCCCN1CCOCC1. The standard InChI is InChI=1S/C23H32N4O3S/c28-22(24-6-1-7-26-8-12-29-13-9-26)16-21-18-31-23(25-21)20-4-2-19(3-5-20)17-27-10-14-30-15-11-27/h2-5,18H,1,6-17H2,(H,24,28). The predicted octanol–water partition coefficient (Wildman–Crippen LogP) is 2.02. The normalized spacial score (nSPS) is 18.2. The molecule has 0 atom stereocenters. The van der Waals surface area contributed by atoms with Crippen LogP contribution in [0.2, 0.25) is 0 Å². The number of aromatic nitrogens is 1. The van der Waals surface area contributed by atoms with Crippen molar-refractivity contribution in [1.29, 1.82) is 0 Å². The Labute approximate surface area is 188 Å². The number of thiazole rings is 1. The van der Waals surface area contributed by atoms with Crippen LogP contribution in [0.4, 0.5) is 0 Å².